The molecule has 9 heteroatoms. The zero-order valence-electron chi connectivity index (χ0n) is 9.52. The van der Waals surface area contributed by atoms with E-state index in [9.17, 15) is 31.5 Å². The minimum Gasteiger partial charge on any atom is -0.330 e. The molecule has 106 valence electrons. The van der Waals surface area contributed by atoms with Gasteiger partial charge in [-0.15, -0.1) is 11.6 Å². The minimum atomic E-state index is -6.00. The van der Waals surface area contributed by atoms with Crippen molar-refractivity contribution in [2.75, 3.05) is 12.9 Å². The van der Waals surface area contributed by atoms with Crippen LogP contribution in [0.4, 0.5) is 22.0 Å². The Labute approximate surface area is 105 Å². The Hall–Kier alpha value is -0.920. The van der Waals surface area contributed by atoms with E-state index in [1.54, 1.807) is 0 Å². The van der Waals surface area contributed by atoms with E-state index in [-0.39, 0.29) is 11.3 Å². The van der Waals surface area contributed by atoms with E-state index >= 15 is 0 Å². The fourth-order valence-electron chi connectivity index (χ4n) is 1.29. The van der Waals surface area contributed by atoms with E-state index in [0.717, 1.165) is 0 Å². The molecule has 0 aromatic rings. The highest BCUT2D eigenvalue weighted by molar-refractivity contribution is 6.28. The van der Waals surface area contributed by atoms with Crippen LogP contribution in [0.2, 0.25) is 0 Å². The van der Waals surface area contributed by atoms with E-state index in [1.165, 1.54) is 6.92 Å². The summed E-state index contributed by atoms with van der Waals surface area (Å²) in [4.78, 5) is 22.4. The van der Waals surface area contributed by atoms with Gasteiger partial charge in [0.25, 0.3) is 0 Å². The molecular weight excluding hydrogens is 285 g/mol. The maximum atomic E-state index is 12.8. The van der Waals surface area contributed by atoms with Crippen LogP contribution in [-0.4, -0.2) is 47.7 Å². The van der Waals surface area contributed by atoms with Gasteiger partial charge in [0, 0.05) is 7.05 Å². The first-order valence-corrected chi connectivity index (χ1v) is 5.34. The van der Waals surface area contributed by atoms with Crippen LogP contribution in [0.1, 0.15) is 13.3 Å². The second kappa shape index (κ2) is 5.81. The van der Waals surface area contributed by atoms with Crippen molar-refractivity contribution in [1.82, 2.24) is 4.90 Å². The number of likely N-dealkylation sites (N-methyl/N-ethyl adjacent to an activating group) is 1. The summed E-state index contributed by atoms with van der Waals surface area (Å²) in [5, 5.41) is 0. The molecule has 0 aliphatic heterocycles. The van der Waals surface area contributed by atoms with Crippen LogP contribution in [0.5, 0.6) is 0 Å². The number of rotatable bonds is 5. The molecule has 0 fully saturated rings. The van der Waals surface area contributed by atoms with E-state index in [2.05, 4.69) is 0 Å². The Balaban J connectivity index is 5.16. The second-order valence-corrected chi connectivity index (χ2v) is 3.78. The zero-order chi connectivity index (χ0) is 14.7. The number of halogens is 6. The summed E-state index contributed by atoms with van der Waals surface area (Å²) < 4.78 is 61.5. The molecule has 1 amide bonds. The Bertz CT molecular complexity index is 331. The Morgan fingerprint density at radius 2 is 1.67 bits per heavy atom. The molecule has 3 nitrogen and oxygen atoms in total. The third-order valence-corrected chi connectivity index (χ3v) is 2.57. The highest BCUT2D eigenvalue weighted by Crippen LogP contribution is 2.37. The Morgan fingerprint density at radius 3 is 1.94 bits per heavy atom. The van der Waals surface area contributed by atoms with Crippen molar-refractivity contribution in [3.8, 4) is 0 Å². The van der Waals surface area contributed by atoms with Gasteiger partial charge in [-0.3, -0.25) is 9.59 Å². The van der Waals surface area contributed by atoms with Crippen molar-refractivity contribution in [2.45, 2.75) is 31.5 Å². The number of Topliss-reactive ketones (excluding diaryl/α,β-unsaturated/α-hetero) is 1. The Morgan fingerprint density at radius 1 is 1.22 bits per heavy atom. The summed E-state index contributed by atoms with van der Waals surface area (Å²) in [5.74, 6) is -9.37. The molecule has 0 aliphatic carbocycles. The van der Waals surface area contributed by atoms with Gasteiger partial charge in [0.05, 0.1) is 11.9 Å². The van der Waals surface area contributed by atoms with Crippen molar-refractivity contribution in [3.63, 3.8) is 0 Å². The van der Waals surface area contributed by atoms with Gasteiger partial charge < -0.3 is 4.90 Å². The standard InChI is InChI=1S/C9H11ClF5NO2/c1-3-5(6(17)4-10)16(2)7(18)8(11,12)9(13,14)15/h5H,3-4H2,1-2H3. The molecule has 0 saturated heterocycles. The summed E-state index contributed by atoms with van der Waals surface area (Å²) >= 11 is 5.18. The molecule has 0 N–H and O–H groups in total. The molecule has 0 aromatic heterocycles. The molecule has 18 heavy (non-hydrogen) atoms. The van der Waals surface area contributed by atoms with Gasteiger partial charge in [-0.25, -0.2) is 0 Å². The first kappa shape index (κ1) is 17.1. The third kappa shape index (κ3) is 3.30. The molecule has 0 spiro atoms. The molecular formula is C9H11ClF5NO2. The lowest BCUT2D eigenvalue weighted by atomic mass is 10.1. The van der Waals surface area contributed by atoms with Gasteiger partial charge in [-0.1, -0.05) is 6.92 Å². The Kier molecular flexibility index (Phi) is 5.52. The van der Waals surface area contributed by atoms with Crippen molar-refractivity contribution in [3.05, 3.63) is 0 Å². The second-order valence-electron chi connectivity index (χ2n) is 3.51. The number of carbonyl (C=O) groups is 2. The smallest absolute Gasteiger partial charge is 0.330 e. The lowest BCUT2D eigenvalue weighted by molar-refractivity contribution is -0.274. The summed E-state index contributed by atoms with van der Waals surface area (Å²) in [5.41, 5.74) is 0. The molecule has 0 saturated carbocycles. The van der Waals surface area contributed by atoms with Crippen LogP contribution >= 0.6 is 11.6 Å². The largest absolute Gasteiger partial charge is 0.463 e. The number of amides is 1. The minimum absolute atomic E-state index is 0.0816. The van der Waals surface area contributed by atoms with Gasteiger partial charge in [0.1, 0.15) is 0 Å². The van der Waals surface area contributed by atoms with E-state index < -0.39 is 35.7 Å². The van der Waals surface area contributed by atoms with Gasteiger partial charge in [-0.2, -0.15) is 22.0 Å². The zero-order valence-corrected chi connectivity index (χ0v) is 10.3. The highest BCUT2D eigenvalue weighted by atomic mass is 35.5. The topological polar surface area (TPSA) is 37.4 Å². The number of hydrogen-bond acceptors (Lipinski definition) is 2. The van der Waals surface area contributed by atoms with Gasteiger partial charge >= 0.3 is 18.0 Å². The van der Waals surface area contributed by atoms with Crippen molar-refractivity contribution in [2.24, 2.45) is 0 Å². The number of alkyl halides is 6. The van der Waals surface area contributed by atoms with Crippen LogP contribution in [0.25, 0.3) is 0 Å². The van der Waals surface area contributed by atoms with E-state index in [1.807, 2.05) is 0 Å². The SMILES string of the molecule is CCC(C(=O)CCl)N(C)C(=O)C(F)(F)C(F)(F)F. The first-order chi connectivity index (χ1) is 8.00. The van der Waals surface area contributed by atoms with E-state index in [4.69, 9.17) is 11.6 Å². The predicted molar refractivity (Wildman–Crippen MR) is 53.6 cm³/mol. The molecule has 0 aromatic carbocycles. The van der Waals surface area contributed by atoms with Gasteiger partial charge in [0.2, 0.25) is 0 Å². The normalized spacial score (nSPS) is 14.2. The highest BCUT2D eigenvalue weighted by Gasteiger charge is 2.64. The number of carbonyl (C=O) groups excluding carboxylic acids is 2. The molecule has 0 rings (SSSR count). The average Bonchev–Trinajstić information content (AvgIpc) is 2.26. The molecule has 1 atom stereocenters. The van der Waals surface area contributed by atoms with Crippen molar-refractivity contribution >= 4 is 23.3 Å². The van der Waals surface area contributed by atoms with Crippen LogP contribution in [0.15, 0.2) is 0 Å². The molecule has 0 bridgehead atoms. The third-order valence-electron chi connectivity index (χ3n) is 2.30. The molecule has 0 radical (unpaired) electrons. The van der Waals surface area contributed by atoms with Crippen LogP contribution in [0.3, 0.4) is 0 Å². The predicted octanol–water partition coefficient (Wildman–Crippen LogP) is 2.23. The van der Waals surface area contributed by atoms with Crippen molar-refractivity contribution < 1.29 is 31.5 Å². The monoisotopic (exact) mass is 295 g/mol. The molecule has 0 aliphatic rings. The number of hydrogen-bond donors (Lipinski definition) is 0. The molecule has 1 unspecified atom stereocenters. The fourth-order valence-corrected chi connectivity index (χ4v) is 1.47. The summed E-state index contributed by atoms with van der Waals surface area (Å²) in [6.45, 7) is 1.37. The van der Waals surface area contributed by atoms with Gasteiger partial charge in [0.15, 0.2) is 5.78 Å². The van der Waals surface area contributed by atoms with Crippen LogP contribution in [0, 0.1) is 0 Å². The lowest BCUT2D eigenvalue weighted by Gasteiger charge is -2.29. The number of nitrogens with zero attached hydrogens (tertiary/aromatic N) is 1. The first-order valence-electron chi connectivity index (χ1n) is 4.81. The maximum Gasteiger partial charge on any atom is 0.463 e. The van der Waals surface area contributed by atoms with E-state index in [0.29, 0.717) is 7.05 Å². The van der Waals surface area contributed by atoms with Gasteiger partial charge in [-0.05, 0) is 6.42 Å². The quantitative estimate of drug-likeness (QED) is 0.576. The van der Waals surface area contributed by atoms with Crippen LogP contribution in [-0.2, 0) is 9.59 Å². The number of ketones is 1. The molecule has 0 heterocycles. The van der Waals surface area contributed by atoms with Crippen molar-refractivity contribution in [1.29, 1.82) is 0 Å². The summed E-state index contributed by atoms with van der Waals surface area (Å²) in [6, 6.07) is -1.40. The van der Waals surface area contributed by atoms with Crippen LogP contribution < -0.4 is 0 Å². The average molecular weight is 296 g/mol. The maximum absolute atomic E-state index is 12.8. The fraction of sp³-hybridized carbons (Fsp3) is 0.778. The summed E-state index contributed by atoms with van der Waals surface area (Å²) in [6.07, 6.45) is -6.11. The summed E-state index contributed by atoms with van der Waals surface area (Å²) in [7, 11) is 0.709. The lowest BCUT2D eigenvalue weighted by Crippen LogP contribution is -2.55.